The van der Waals surface area contributed by atoms with Crippen molar-refractivity contribution in [1.82, 2.24) is 9.88 Å². The van der Waals surface area contributed by atoms with Gasteiger partial charge in [0, 0.05) is 43.5 Å². The molecule has 0 atom stereocenters. The molecule has 1 aliphatic rings. The lowest BCUT2D eigenvalue weighted by molar-refractivity contribution is -0.526. The number of para-hydroxylation sites is 2. The monoisotopic (exact) mass is 578 g/mol. The Balaban J connectivity index is 1.24. The summed E-state index contributed by atoms with van der Waals surface area (Å²) in [4.78, 5) is 32.5. The van der Waals surface area contributed by atoms with Gasteiger partial charge in [-0.25, -0.2) is 4.98 Å². The van der Waals surface area contributed by atoms with Crippen LogP contribution in [-0.4, -0.2) is 62.0 Å². The number of H-pyrrole nitrogens is 1. The lowest BCUT2D eigenvalue weighted by atomic mass is 10.1. The van der Waals surface area contributed by atoms with E-state index >= 15 is 0 Å². The van der Waals surface area contributed by atoms with E-state index < -0.39 is 10.0 Å². The quantitative estimate of drug-likeness (QED) is 0.244. The van der Waals surface area contributed by atoms with Crippen LogP contribution in [0.4, 0.5) is 11.4 Å². The summed E-state index contributed by atoms with van der Waals surface area (Å²) in [6.45, 7) is 6.75. The van der Waals surface area contributed by atoms with Gasteiger partial charge in [0.1, 0.15) is 4.90 Å². The first-order chi connectivity index (χ1) is 19.2. The number of piperazine rings is 1. The standard InChI is InChI=1S/C29H31N5O4S2/c1-21(2)28(36)33-18-16-32(17-19-33)23-14-12-22(13-15-23)30-27(35)20-39-29-31-25-10-6-7-11-26(25)34(29)40(37,38)24-8-4-3-5-9-24/h3-15,21H,16-20H2,1-2H3,(H,30,35)/p+1. The first-order valence-corrected chi connectivity index (χ1v) is 15.6. The summed E-state index contributed by atoms with van der Waals surface area (Å²) in [5.41, 5.74) is 2.87. The Hall–Kier alpha value is -3.83. The molecule has 1 saturated heterocycles. The van der Waals surface area contributed by atoms with Crippen molar-refractivity contribution in [3.05, 3.63) is 78.9 Å². The molecule has 0 bridgehead atoms. The number of imidazole rings is 1. The molecule has 1 aliphatic heterocycles. The average molecular weight is 579 g/mol. The van der Waals surface area contributed by atoms with Crippen LogP contribution in [0, 0.1) is 5.92 Å². The van der Waals surface area contributed by atoms with Crippen LogP contribution < -0.4 is 14.2 Å². The average Bonchev–Trinajstić information content (AvgIpc) is 3.36. The Bertz CT molecular complexity index is 1610. The molecule has 2 amide bonds. The zero-order chi connectivity index (χ0) is 28.3. The normalized spacial score (nSPS) is 14.1. The van der Waals surface area contributed by atoms with E-state index in [-0.39, 0.29) is 28.4 Å². The minimum Gasteiger partial charge on any atom is -0.368 e. The molecule has 0 radical (unpaired) electrons. The van der Waals surface area contributed by atoms with Crippen molar-refractivity contribution in [2.24, 2.45) is 5.92 Å². The van der Waals surface area contributed by atoms with Crippen molar-refractivity contribution >= 4 is 56.0 Å². The van der Waals surface area contributed by atoms with Crippen LogP contribution >= 0.6 is 11.8 Å². The van der Waals surface area contributed by atoms with Gasteiger partial charge in [-0.05, 0) is 60.3 Å². The fourth-order valence-corrected chi connectivity index (χ4v) is 7.28. The number of thioether (sulfide) groups is 1. The molecule has 1 aromatic heterocycles. The number of aromatic nitrogens is 2. The van der Waals surface area contributed by atoms with Crippen LogP contribution in [0.5, 0.6) is 0 Å². The SMILES string of the molecule is CC(C)C(=O)N1CCN(c2ccc(NC(=O)CSc3[nH]c4ccccc4[n+]3S(=O)(=O)c3ccccc3)cc2)CC1. The number of benzene rings is 3. The molecule has 0 spiro atoms. The number of carbonyl (C=O) groups excluding carboxylic acids is 2. The van der Waals surface area contributed by atoms with Crippen molar-refractivity contribution in [2.45, 2.75) is 23.9 Å². The van der Waals surface area contributed by atoms with Gasteiger partial charge in [-0.3, -0.25) is 9.59 Å². The molecule has 0 saturated carbocycles. The molecule has 1 fully saturated rings. The highest BCUT2D eigenvalue weighted by Crippen LogP contribution is 2.23. The zero-order valence-corrected chi connectivity index (χ0v) is 24.0. The van der Waals surface area contributed by atoms with Gasteiger partial charge in [-0.15, -0.1) is 3.97 Å². The third-order valence-electron chi connectivity index (χ3n) is 6.77. The zero-order valence-electron chi connectivity index (χ0n) is 22.4. The molecule has 4 aromatic rings. The Kier molecular flexibility index (Phi) is 8.13. The Morgan fingerprint density at radius 2 is 1.57 bits per heavy atom. The van der Waals surface area contributed by atoms with Crippen LogP contribution in [-0.2, 0) is 19.6 Å². The maximum absolute atomic E-state index is 13.5. The van der Waals surface area contributed by atoms with E-state index in [1.807, 2.05) is 49.1 Å². The number of amides is 2. The van der Waals surface area contributed by atoms with E-state index in [0.29, 0.717) is 35.0 Å². The highest BCUT2D eigenvalue weighted by atomic mass is 32.2. The van der Waals surface area contributed by atoms with Crippen LogP contribution in [0.3, 0.4) is 0 Å². The molecule has 0 aliphatic carbocycles. The topological polar surface area (TPSA) is 106 Å². The van der Waals surface area contributed by atoms with Crippen molar-refractivity contribution in [3.63, 3.8) is 0 Å². The fraction of sp³-hybridized carbons (Fsp3) is 0.276. The highest BCUT2D eigenvalue weighted by molar-refractivity contribution is 8.00. The summed E-state index contributed by atoms with van der Waals surface area (Å²) in [6.07, 6.45) is 0. The van der Waals surface area contributed by atoms with Crippen LogP contribution in [0.15, 0.2) is 88.9 Å². The molecule has 9 nitrogen and oxygen atoms in total. The predicted octanol–water partition coefficient (Wildman–Crippen LogP) is 3.73. The number of fused-ring (bicyclic) bond motifs is 1. The van der Waals surface area contributed by atoms with Crippen molar-refractivity contribution in [2.75, 3.05) is 42.1 Å². The molecular weight excluding hydrogens is 546 g/mol. The summed E-state index contributed by atoms with van der Waals surface area (Å²) >= 11 is 1.13. The van der Waals surface area contributed by atoms with Crippen molar-refractivity contribution in [1.29, 1.82) is 0 Å². The molecule has 2 heterocycles. The number of anilines is 2. The molecule has 5 rings (SSSR count). The number of rotatable bonds is 8. The van der Waals surface area contributed by atoms with Gasteiger partial charge in [-0.1, -0.05) is 44.2 Å². The lowest BCUT2D eigenvalue weighted by Crippen LogP contribution is -2.49. The Morgan fingerprint density at radius 1 is 0.925 bits per heavy atom. The van der Waals surface area contributed by atoms with Gasteiger partial charge in [0.15, 0.2) is 11.0 Å². The largest absolute Gasteiger partial charge is 0.368 e. The Labute approximate surface area is 238 Å². The minimum absolute atomic E-state index is 0.00196. The van der Waals surface area contributed by atoms with Gasteiger partial charge >= 0.3 is 15.2 Å². The van der Waals surface area contributed by atoms with Crippen LogP contribution in [0.1, 0.15) is 13.8 Å². The summed E-state index contributed by atoms with van der Waals surface area (Å²) in [5.74, 6) is -0.0423. The second kappa shape index (κ2) is 11.7. The van der Waals surface area contributed by atoms with E-state index in [1.165, 1.54) is 3.97 Å². The first kappa shape index (κ1) is 27.7. The van der Waals surface area contributed by atoms with E-state index in [9.17, 15) is 18.0 Å². The summed E-state index contributed by atoms with van der Waals surface area (Å²) in [6, 6.07) is 23.0. The Morgan fingerprint density at radius 3 is 2.25 bits per heavy atom. The van der Waals surface area contributed by atoms with Gasteiger partial charge in [0.25, 0.3) is 0 Å². The number of aromatic amines is 1. The molecule has 2 N–H and O–H groups in total. The van der Waals surface area contributed by atoms with Gasteiger partial charge in [0.05, 0.1) is 5.75 Å². The molecule has 0 unspecified atom stereocenters. The number of hydrogen-bond acceptors (Lipinski definition) is 6. The molecule has 3 aromatic carbocycles. The third kappa shape index (κ3) is 5.85. The number of nitrogens with zero attached hydrogens (tertiary/aromatic N) is 3. The van der Waals surface area contributed by atoms with Crippen molar-refractivity contribution < 1.29 is 22.0 Å². The number of carbonyl (C=O) groups is 2. The maximum atomic E-state index is 13.5. The number of nitrogens with one attached hydrogen (secondary N) is 2. The van der Waals surface area contributed by atoms with Crippen LogP contribution in [0.25, 0.3) is 11.0 Å². The second-order valence-electron chi connectivity index (χ2n) is 9.88. The minimum atomic E-state index is -3.88. The van der Waals surface area contributed by atoms with E-state index in [4.69, 9.17) is 0 Å². The van der Waals surface area contributed by atoms with Gasteiger partial charge < -0.3 is 15.1 Å². The molecule has 11 heteroatoms. The first-order valence-electron chi connectivity index (χ1n) is 13.1. The van der Waals surface area contributed by atoms with Gasteiger partial charge in [0.2, 0.25) is 11.8 Å². The predicted molar refractivity (Wildman–Crippen MR) is 157 cm³/mol. The molecule has 40 heavy (non-hydrogen) atoms. The summed E-state index contributed by atoms with van der Waals surface area (Å²) in [7, 11) is -3.88. The van der Waals surface area contributed by atoms with Crippen LogP contribution in [0.2, 0.25) is 0 Å². The molecule has 208 valence electrons. The van der Waals surface area contributed by atoms with Gasteiger partial charge in [-0.2, -0.15) is 8.42 Å². The van der Waals surface area contributed by atoms with E-state index in [0.717, 1.165) is 30.5 Å². The number of hydrogen-bond donors (Lipinski definition) is 2. The fourth-order valence-electron chi connectivity index (χ4n) is 4.70. The van der Waals surface area contributed by atoms with E-state index in [1.54, 1.807) is 48.5 Å². The van der Waals surface area contributed by atoms with Crippen molar-refractivity contribution in [3.8, 4) is 0 Å². The summed E-state index contributed by atoms with van der Waals surface area (Å²) < 4.78 is 28.3. The third-order valence-corrected chi connectivity index (χ3v) is 9.58. The summed E-state index contributed by atoms with van der Waals surface area (Å²) in [5, 5.41) is 3.25. The van der Waals surface area contributed by atoms with E-state index in [2.05, 4.69) is 15.2 Å². The molecular formula is C29H32N5O4S2+. The maximum Gasteiger partial charge on any atom is 0.336 e. The lowest BCUT2D eigenvalue weighted by Gasteiger charge is -2.37. The highest BCUT2D eigenvalue weighted by Gasteiger charge is 2.32. The smallest absolute Gasteiger partial charge is 0.336 e. The second-order valence-corrected chi connectivity index (χ2v) is 12.6.